The first kappa shape index (κ1) is 52.5. The molecule has 20 nitrogen and oxygen atoms in total. The van der Waals surface area contributed by atoms with Crippen molar-refractivity contribution in [2.75, 3.05) is 39.0 Å². The van der Waals surface area contributed by atoms with E-state index in [4.69, 9.17) is 0 Å². The van der Waals surface area contributed by atoms with Crippen molar-refractivity contribution in [3.8, 4) is 0 Å². The summed E-state index contributed by atoms with van der Waals surface area (Å²) in [5, 5.41) is 19.2. The van der Waals surface area contributed by atoms with E-state index in [1.165, 1.54) is 28.4 Å². The van der Waals surface area contributed by atoms with Crippen LogP contribution in [0.2, 0.25) is 0 Å². The largest absolute Gasteiger partial charge is 0.349 e. The minimum absolute atomic E-state index is 0.0363. The van der Waals surface area contributed by atoms with Gasteiger partial charge in [-0.15, -0.1) is 0 Å². The van der Waals surface area contributed by atoms with Gasteiger partial charge < -0.3 is 47.0 Å². The SMILES string of the molecule is CCC[C@H](NC(=O)[C@@H]1CN(C(=O)Nc2ccccc2)C[C@@H]1NC(=O)[C@@H](NC(=O)[C@@H](NC(=O)c1cnccn1)C1CCCCC1)C(C)C)C(=O)C(=O)NCC(=O)N[C@H](C(=O)N(C)C)C1CCCCC1. The number of para-hydroxylation sites is 1. The third-order valence-corrected chi connectivity index (χ3v) is 13.0. The Balaban J connectivity index is 1.29. The lowest BCUT2D eigenvalue weighted by Gasteiger charge is -2.32. The summed E-state index contributed by atoms with van der Waals surface area (Å²) in [5.74, 6) is -7.34. The van der Waals surface area contributed by atoms with Crippen LogP contribution in [0.3, 0.4) is 0 Å². The highest BCUT2D eigenvalue weighted by molar-refractivity contribution is 6.38. The van der Waals surface area contributed by atoms with Crippen molar-refractivity contribution >= 4 is 58.9 Å². The van der Waals surface area contributed by atoms with Gasteiger partial charge in [0.15, 0.2) is 0 Å². The Morgan fingerprint density at radius 1 is 0.765 bits per heavy atom. The topological polar surface area (TPSA) is 270 Å². The molecule has 7 N–H and O–H groups in total. The summed E-state index contributed by atoms with van der Waals surface area (Å²) in [6.07, 6.45) is 13.1. The third kappa shape index (κ3) is 14.8. The molecule has 68 heavy (non-hydrogen) atoms. The lowest BCUT2D eigenvalue weighted by Crippen LogP contribution is -2.59. The molecule has 3 aliphatic rings. The molecule has 2 aliphatic carbocycles. The zero-order valence-electron chi connectivity index (χ0n) is 39.9. The highest BCUT2D eigenvalue weighted by Gasteiger charge is 2.44. The average molecular weight is 944 g/mol. The van der Waals surface area contributed by atoms with Gasteiger partial charge in [0.05, 0.1) is 30.7 Å². The Bertz CT molecular complexity index is 2080. The molecule has 9 amide bonds. The van der Waals surface area contributed by atoms with Crippen molar-refractivity contribution in [3.05, 3.63) is 54.6 Å². The summed E-state index contributed by atoms with van der Waals surface area (Å²) in [6.45, 7) is 4.36. The maximum atomic E-state index is 14.3. The first-order chi connectivity index (χ1) is 32.6. The van der Waals surface area contributed by atoms with E-state index in [0.29, 0.717) is 24.9 Å². The number of carbonyl (C=O) groups excluding carboxylic acids is 9. The van der Waals surface area contributed by atoms with Crippen LogP contribution in [0.4, 0.5) is 10.5 Å². The van der Waals surface area contributed by atoms with Crippen LogP contribution in [-0.2, 0) is 33.6 Å². The summed E-state index contributed by atoms with van der Waals surface area (Å²) in [6, 6.07) is 2.89. The number of likely N-dealkylation sites (tertiary alicyclic amines) is 1. The number of urea groups is 1. The molecule has 0 radical (unpaired) electrons. The number of hydrogen-bond acceptors (Lipinski definition) is 11. The van der Waals surface area contributed by atoms with E-state index in [2.05, 4.69) is 47.2 Å². The summed E-state index contributed by atoms with van der Waals surface area (Å²) < 4.78 is 0. The minimum Gasteiger partial charge on any atom is -0.349 e. The molecular formula is C48H69N11O9. The highest BCUT2D eigenvalue weighted by Crippen LogP contribution is 2.29. The van der Waals surface area contributed by atoms with Crippen LogP contribution >= 0.6 is 0 Å². The lowest BCUT2D eigenvalue weighted by atomic mass is 9.83. The van der Waals surface area contributed by atoms with E-state index < -0.39 is 95.8 Å². The first-order valence-corrected chi connectivity index (χ1v) is 24.0. The molecule has 20 heteroatoms. The Kier molecular flexibility index (Phi) is 19.8. The van der Waals surface area contributed by atoms with Crippen molar-refractivity contribution in [1.29, 1.82) is 0 Å². The van der Waals surface area contributed by atoms with E-state index in [0.717, 1.165) is 51.4 Å². The predicted octanol–water partition coefficient (Wildman–Crippen LogP) is 2.07. The molecule has 0 unspecified atom stereocenters. The second kappa shape index (κ2) is 25.6. The number of nitrogens with zero attached hydrogens (tertiary/aromatic N) is 4. The fourth-order valence-electron chi connectivity index (χ4n) is 9.25. The Morgan fingerprint density at radius 3 is 2.00 bits per heavy atom. The van der Waals surface area contributed by atoms with Gasteiger partial charge in [-0.05, 0) is 62.0 Å². The fourth-order valence-corrected chi connectivity index (χ4v) is 9.25. The molecule has 0 bridgehead atoms. The van der Waals surface area contributed by atoms with E-state index in [1.54, 1.807) is 65.2 Å². The highest BCUT2D eigenvalue weighted by atomic mass is 16.2. The maximum Gasteiger partial charge on any atom is 0.321 e. The number of carbonyl (C=O) groups is 9. The molecule has 0 spiro atoms. The van der Waals surface area contributed by atoms with Gasteiger partial charge in [-0.2, -0.15) is 0 Å². The van der Waals surface area contributed by atoms with Crippen molar-refractivity contribution < 1.29 is 43.2 Å². The number of benzene rings is 1. The van der Waals surface area contributed by atoms with Gasteiger partial charge in [0.1, 0.15) is 23.8 Å². The molecule has 2 aromatic rings. The first-order valence-electron chi connectivity index (χ1n) is 24.0. The monoisotopic (exact) mass is 944 g/mol. The Morgan fingerprint density at radius 2 is 1.41 bits per heavy atom. The molecule has 2 saturated carbocycles. The zero-order valence-corrected chi connectivity index (χ0v) is 39.9. The van der Waals surface area contributed by atoms with Crippen LogP contribution in [0.15, 0.2) is 48.9 Å². The van der Waals surface area contributed by atoms with Crippen molar-refractivity contribution in [2.45, 2.75) is 128 Å². The summed E-state index contributed by atoms with van der Waals surface area (Å²) in [7, 11) is 3.21. The number of Topliss-reactive ketones (excluding diaryl/α,β-unsaturated/α-hetero) is 1. The van der Waals surface area contributed by atoms with Gasteiger partial charge in [-0.1, -0.05) is 83.9 Å². The molecular weight excluding hydrogens is 875 g/mol. The third-order valence-electron chi connectivity index (χ3n) is 13.0. The van der Waals surface area contributed by atoms with Gasteiger partial charge in [0.2, 0.25) is 35.3 Å². The van der Waals surface area contributed by atoms with Gasteiger partial charge in [-0.3, -0.25) is 43.3 Å². The van der Waals surface area contributed by atoms with Crippen molar-refractivity contribution in [2.24, 2.45) is 23.7 Å². The lowest BCUT2D eigenvalue weighted by molar-refractivity contribution is -0.141. The molecule has 2 heterocycles. The number of hydrogen-bond donors (Lipinski definition) is 7. The summed E-state index contributed by atoms with van der Waals surface area (Å²) >= 11 is 0. The van der Waals surface area contributed by atoms with Gasteiger partial charge >= 0.3 is 6.03 Å². The van der Waals surface area contributed by atoms with Crippen LogP contribution in [0.25, 0.3) is 0 Å². The van der Waals surface area contributed by atoms with Gasteiger partial charge in [-0.25, -0.2) is 9.78 Å². The number of amides is 9. The Labute approximate surface area is 398 Å². The molecule has 370 valence electrons. The minimum atomic E-state index is -1.32. The maximum absolute atomic E-state index is 14.3. The Hall–Kier alpha value is -6.47. The van der Waals surface area contributed by atoms with Crippen LogP contribution in [0.5, 0.6) is 0 Å². The fraction of sp³-hybridized carbons (Fsp3) is 0.604. The molecule has 1 saturated heterocycles. The standard InChI is InChI=1S/C48H69N11O9/c1-6-16-34(41(61)46(66)51-26-37(60)55-40(47(67)58(4)5)31-19-12-8-13-20-31)53-42(62)33-27-59(48(68)52-32-21-14-9-15-22-32)28-36(33)54-44(64)38(29(2)3)56-45(65)39(30-17-10-7-11-18-30)57-43(63)35-25-49-23-24-50-35/h9,14-15,21-25,29-31,33-34,36,38-40H,6-8,10-13,16-20,26-28H2,1-5H3,(H,51,66)(H,52,68)(H,53,62)(H,54,64)(H,55,60)(H,56,65)(H,57,63)/t33-,34+,36+,38+,39+,40+/m1/s1. The predicted molar refractivity (Wildman–Crippen MR) is 251 cm³/mol. The van der Waals surface area contributed by atoms with Gasteiger partial charge in [0.25, 0.3) is 11.8 Å². The molecule has 1 aromatic heterocycles. The molecule has 1 aliphatic heterocycles. The zero-order chi connectivity index (χ0) is 49.3. The van der Waals surface area contributed by atoms with E-state index >= 15 is 0 Å². The second-order valence-electron chi connectivity index (χ2n) is 18.7. The van der Waals surface area contributed by atoms with E-state index in [9.17, 15) is 43.2 Å². The van der Waals surface area contributed by atoms with Crippen LogP contribution in [0.1, 0.15) is 108 Å². The van der Waals surface area contributed by atoms with Crippen LogP contribution < -0.4 is 37.2 Å². The average Bonchev–Trinajstić information content (AvgIpc) is 3.77. The van der Waals surface area contributed by atoms with Crippen molar-refractivity contribution in [3.63, 3.8) is 0 Å². The number of anilines is 1. The van der Waals surface area contributed by atoms with E-state index in [1.807, 2.05) is 0 Å². The smallest absolute Gasteiger partial charge is 0.321 e. The molecule has 6 atom stereocenters. The number of nitrogens with one attached hydrogen (secondary N) is 7. The quantitative estimate of drug-likeness (QED) is 0.0945. The molecule has 5 rings (SSSR count). The van der Waals surface area contributed by atoms with E-state index in [-0.39, 0.29) is 42.9 Å². The molecule has 1 aromatic carbocycles. The normalized spacial score (nSPS) is 19.3. The van der Waals surface area contributed by atoms with Crippen LogP contribution in [-0.4, -0.2) is 137 Å². The number of ketones is 1. The van der Waals surface area contributed by atoms with Gasteiger partial charge in [0, 0.05) is 45.3 Å². The van der Waals surface area contributed by atoms with Crippen molar-refractivity contribution in [1.82, 2.24) is 51.7 Å². The van der Waals surface area contributed by atoms with Crippen LogP contribution in [0, 0.1) is 23.7 Å². The summed E-state index contributed by atoms with van der Waals surface area (Å²) in [4.78, 5) is 133. The number of aromatic nitrogens is 2. The molecule has 3 fully saturated rings. The number of likely N-dealkylation sites (N-methyl/N-ethyl adjacent to an activating group) is 1. The number of rotatable bonds is 20. The summed E-state index contributed by atoms with van der Waals surface area (Å²) in [5.41, 5.74) is 0.531. The second-order valence-corrected chi connectivity index (χ2v) is 18.7.